The highest BCUT2D eigenvalue weighted by molar-refractivity contribution is 7.91. The Hall–Kier alpha value is -2.62. The van der Waals surface area contributed by atoms with Gasteiger partial charge in [0.1, 0.15) is 12.3 Å². The van der Waals surface area contributed by atoms with Crippen molar-refractivity contribution < 1.29 is 27.5 Å². The maximum Gasteiger partial charge on any atom is 0.325 e. The van der Waals surface area contributed by atoms with Crippen molar-refractivity contribution >= 4 is 27.7 Å². The lowest BCUT2D eigenvalue weighted by Gasteiger charge is -2.33. The zero-order chi connectivity index (χ0) is 21.5. The van der Waals surface area contributed by atoms with Gasteiger partial charge < -0.3 is 15.0 Å². The van der Waals surface area contributed by atoms with Crippen LogP contribution in [0.4, 0.5) is 4.79 Å². The normalized spacial score (nSPS) is 27.0. The van der Waals surface area contributed by atoms with Gasteiger partial charge in [0.25, 0.3) is 5.91 Å². The van der Waals surface area contributed by atoms with E-state index in [1.54, 1.807) is 24.3 Å². The van der Waals surface area contributed by atoms with Gasteiger partial charge in [-0.15, -0.1) is 0 Å². The predicted molar refractivity (Wildman–Crippen MR) is 108 cm³/mol. The minimum atomic E-state index is -3.16. The number of para-hydroxylation sites is 1. The standard InChI is InChI=1S/C20H25N3O6S/c1-2-9-22(14-7-11-30(27,28)13-14)17(24)12-23-18(25)20(21-19(23)26)8-10-29-16-6-4-3-5-15(16)20/h3-6,14H,2,7-13H2,1H3,(H,21,26)/t14-,20-/m1/s1. The van der Waals surface area contributed by atoms with E-state index in [4.69, 9.17) is 4.74 Å². The van der Waals surface area contributed by atoms with Crippen LogP contribution in [0.3, 0.4) is 0 Å². The number of rotatable bonds is 5. The van der Waals surface area contributed by atoms with Crippen LogP contribution >= 0.6 is 0 Å². The van der Waals surface area contributed by atoms with E-state index >= 15 is 0 Å². The van der Waals surface area contributed by atoms with E-state index in [0.717, 1.165) is 4.90 Å². The molecule has 1 N–H and O–H groups in total. The molecular formula is C20H25N3O6S. The molecule has 0 aromatic heterocycles. The number of benzene rings is 1. The Bertz CT molecular complexity index is 994. The Morgan fingerprint density at radius 2 is 2.10 bits per heavy atom. The number of imide groups is 1. The zero-order valence-electron chi connectivity index (χ0n) is 16.8. The van der Waals surface area contributed by atoms with Crippen molar-refractivity contribution in [1.29, 1.82) is 0 Å². The fraction of sp³-hybridized carbons (Fsp3) is 0.550. The van der Waals surface area contributed by atoms with Crippen LogP contribution in [0.15, 0.2) is 24.3 Å². The Morgan fingerprint density at radius 1 is 1.33 bits per heavy atom. The van der Waals surface area contributed by atoms with Crippen molar-refractivity contribution in [3.8, 4) is 5.75 Å². The number of amides is 4. The van der Waals surface area contributed by atoms with Crippen LogP contribution in [0, 0.1) is 0 Å². The molecule has 2 fully saturated rings. The highest BCUT2D eigenvalue weighted by Gasteiger charge is 2.55. The molecule has 0 bridgehead atoms. The molecule has 10 heteroatoms. The molecule has 2 atom stereocenters. The molecule has 3 aliphatic heterocycles. The number of hydrogen-bond donors (Lipinski definition) is 1. The third-order valence-corrected chi connectivity index (χ3v) is 7.73. The lowest BCUT2D eigenvalue weighted by molar-refractivity contribution is -0.140. The summed E-state index contributed by atoms with van der Waals surface area (Å²) in [6.07, 6.45) is 1.30. The maximum atomic E-state index is 13.3. The molecule has 0 saturated carbocycles. The summed E-state index contributed by atoms with van der Waals surface area (Å²) in [7, 11) is -3.16. The van der Waals surface area contributed by atoms with Gasteiger partial charge in [-0.05, 0) is 18.9 Å². The molecule has 0 radical (unpaired) electrons. The molecule has 1 spiro atoms. The average molecular weight is 436 g/mol. The van der Waals surface area contributed by atoms with E-state index in [1.807, 2.05) is 6.92 Å². The fourth-order valence-corrected chi connectivity index (χ4v) is 6.25. The third-order valence-electron chi connectivity index (χ3n) is 5.98. The van der Waals surface area contributed by atoms with Crippen LogP contribution < -0.4 is 10.1 Å². The van der Waals surface area contributed by atoms with E-state index in [2.05, 4.69) is 5.32 Å². The zero-order valence-corrected chi connectivity index (χ0v) is 17.6. The minimum absolute atomic E-state index is 0.0498. The first kappa shape index (κ1) is 20.6. The van der Waals surface area contributed by atoms with Crippen molar-refractivity contribution in [3.63, 3.8) is 0 Å². The molecule has 4 rings (SSSR count). The summed E-state index contributed by atoms with van der Waals surface area (Å²) < 4.78 is 29.3. The van der Waals surface area contributed by atoms with Gasteiger partial charge in [0, 0.05) is 24.6 Å². The summed E-state index contributed by atoms with van der Waals surface area (Å²) in [5.74, 6) is -0.386. The summed E-state index contributed by atoms with van der Waals surface area (Å²) in [5, 5.41) is 2.78. The van der Waals surface area contributed by atoms with Gasteiger partial charge in [0.05, 0.1) is 18.1 Å². The highest BCUT2D eigenvalue weighted by Crippen LogP contribution is 2.41. The van der Waals surface area contributed by atoms with E-state index in [-0.39, 0.29) is 24.5 Å². The largest absolute Gasteiger partial charge is 0.493 e. The Morgan fingerprint density at radius 3 is 2.80 bits per heavy atom. The van der Waals surface area contributed by atoms with Crippen LogP contribution in [0.5, 0.6) is 5.75 Å². The van der Waals surface area contributed by atoms with Gasteiger partial charge in [-0.1, -0.05) is 25.1 Å². The Labute approximate surface area is 175 Å². The molecule has 0 unspecified atom stereocenters. The van der Waals surface area contributed by atoms with Gasteiger partial charge in [0.15, 0.2) is 15.4 Å². The summed E-state index contributed by atoms with van der Waals surface area (Å²) in [6.45, 7) is 2.13. The molecule has 1 aromatic carbocycles. The SMILES string of the molecule is CCCN(C(=O)CN1C(=O)N[C@@]2(CCOc3ccccc32)C1=O)[C@@H]1CCS(=O)(=O)C1. The second-order valence-electron chi connectivity index (χ2n) is 7.97. The van der Waals surface area contributed by atoms with Gasteiger partial charge in [0.2, 0.25) is 5.91 Å². The number of sulfone groups is 1. The van der Waals surface area contributed by atoms with Crippen molar-refractivity contribution in [2.24, 2.45) is 0 Å². The smallest absolute Gasteiger partial charge is 0.325 e. The van der Waals surface area contributed by atoms with Gasteiger partial charge in [-0.2, -0.15) is 0 Å². The number of hydrogen-bond acceptors (Lipinski definition) is 6. The highest BCUT2D eigenvalue weighted by atomic mass is 32.2. The van der Waals surface area contributed by atoms with Crippen LogP contribution in [0.1, 0.15) is 31.7 Å². The molecule has 9 nitrogen and oxygen atoms in total. The first-order valence-corrected chi connectivity index (χ1v) is 12.0. The van der Waals surface area contributed by atoms with Crippen molar-refractivity contribution in [1.82, 2.24) is 15.1 Å². The summed E-state index contributed by atoms with van der Waals surface area (Å²) in [4.78, 5) is 41.5. The second-order valence-corrected chi connectivity index (χ2v) is 10.2. The first-order chi connectivity index (χ1) is 14.3. The number of nitrogens with one attached hydrogen (secondary N) is 1. The van der Waals surface area contributed by atoms with Crippen LogP contribution in [-0.2, 0) is 25.0 Å². The molecule has 1 aromatic rings. The van der Waals surface area contributed by atoms with Crippen molar-refractivity contribution in [3.05, 3.63) is 29.8 Å². The lowest BCUT2D eigenvalue weighted by Crippen LogP contribution is -2.49. The predicted octanol–water partition coefficient (Wildman–Crippen LogP) is 0.642. The molecular weight excluding hydrogens is 410 g/mol. The Balaban J connectivity index is 1.56. The summed E-state index contributed by atoms with van der Waals surface area (Å²) >= 11 is 0. The van der Waals surface area contributed by atoms with E-state index in [0.29, 0.717) is 30.7 Å². The minimum Gasteiger partial charge on any atom is -0.493 e. The number of nitrogens with zero attached hydrogens (tertiary/aromatic N) is 2. The van der Waals surface area contributed by atoms with Crippen molar-refractivity contribution in [2.75, 3.05) is 31.2 Å². The van der Waals surface area contributed by atoms with E-state index in [1.165, 1.54) is 4.90 Å². The molecule has 4 amide bonds. The molecule has 0 aliphatic carbocycles. The van der Waals surface area contributed by atoms with Gasteiger partial charge in [-0.25, -0.2) is 13.2 Å². The molecule has 30 heavy (non-hydrogen) atoms. The molecule has 162 valence electrons. The maximum absolute atomic E-state index is 13.3. The average Bonchev–Trinajstić information content (AvgIpc) is 3.18. The molecule has 3 aliphatic rings. The summed E-state index contributed by atoms with van der Waals surface area (Å²) in [6, 6.07) is 6.00. The Kier molecular flexibility index (Phi) is 5.21. The topological polar surface area (TPSA) is 113 Å². The van der Waals surface area contributed by atoms with Gasteiger partial charge in [-0.3, -0.25) is 14.5 Å². The fourth-order valence-electron chi connectivity index (χ4n) is 4.51. The lowest BCUT2D eigenvalue weighted by atomic mass is 9.84. The molecule has 3 heterocycles. The number of carbonyl (C=O) groups is 3. The van der Waals surface area contributed by atoms with Crippen molar-refractivity contribution in [2.45, 2.75) is 37.8 Å². The summed E-state index contributed by atoms with van der Waals surface area (Å²) in [5.41, 5.74) is -0.657. The van der Waals surface area contributed by atoms with Crippen LogP contribution in [0.25, 0.3) is 0 Å². The van der Waals surface area contributed by atoms with Crippen LogP contribution in [0.2, 0.25) is 0 Å². The van der Waals surface area contributed by atoms with E-state index in [9.17, 15) is 22.8 Å². The third kappa shape index (κ3) is 3.42. The molecule has 2 saturated heterocycles. The van der Waals surface area contributed by atoms with Crippen LogP contribution in [-0.4, -0.2) is 73.3 Å². The van der Waals surface area contributed by atoms with E-state index < -0.39 is 45.8 Å². The number of urea groups is 1. The number of carbonyl (C=O) groups excluding carboxylic acids is 3. The number of fused-ring (bicyclic) bond motifs is 2. The number of ether oxygens (including phenoxy) is 1. The second kappa shape index (κ2) is 7.57. The quantitative estimate of drug-likeness (QED) is 0.679. The first-order valence-electron chi connectivity index (χ1n) is 10.1. The monoisotopic (exact) mass is 435 g/mol. The van der Waals surface area contributed by atoms with Gasteiger partial charge >= 0.3 is 6.03 Å².